The molecule has 0 aliphatic carbocycles. The summed E-state index contributed by atoms with van der Waals surface area (Å²) in [4.78, 5) is 34.9. The van der Waals surface area contributed by atoms with Crippen molar-refractivity contribution < 1.29 is 14.3 Å². The molecule has 0 bridgehead atoms. The lowest BCUT2D eigenvalue weighted by atomic mass is 9.94. The molecule has 1 aliphatic rings. The van der Waals surface area contributed by atoms with E-state index in [0.29, 0.717) is 18.5 Å². The second kappa shape index (κ2) is 6.74. The standard InChI is InChI=1S/C19H22N4O3/c1-19(2,3)26-18(25)23-13(9-12-7-5-4-6-8-12)10-15-14(16(23)24)11-21-17(20)22-15/h4-8,11,13H,9-10H2,1-3H3,(H2,20,21,22)/t13-/m1/s1. The van der Waals surface area contributed by atoms with Crippen LogP contribution in [0, 0.1) is 0 Å². The number of aromatic nitrogens is 2. The van der Waals surface area contributed by atoms with Gasteiger partial charge in [-0.3, -0.25) is 4.79 Å². The molecule has 0 unspecified atom stereocenters. The molecule has 0 saturated heterocycles. The van der Waals surface area contributed by atoms with E-state index in [4.69, 9.17) is 10.5 Å². The lowest BCUT2D eigenvalue weighted by molar-refractivity contribution is 0.0148. The Bertz CT molecular complexity index is 830. The average molecular weight is 354 g/mol. The Kier molecular flexibility index (Phi) is 4.63. The molecule has 0 spiro atoms. The van der Waals surface area contributed by atoms with Crippen molar-refractivity contribution in [1.82, 2.24) is 14.9 Å². The predicted octanol–water partition coefficient (Wildman–Crippen LogP) is 2.60. The van der Waals surface area contributed by atoms with E-state index < -0.39 is 23.6 Å². The molecular weight excluding hydrogens is 332 g/mol. The molecule has 0 saturated carbocycles. The first-order chi connectivity index (χ1) is 12.2. The van der Waals surface area contributed by atoms with Gasteiger partial charge in [0.1, 0.15) is 5.60 Å². The largest absolute Gasteiger partial charge is 0.443 e. The molecule has 136 valence electrons. The zero-order chi connectivity index (χ0) is 18.9. The van der Waals surface area contributed by atoms with E-state index in [-0.39, 0.29) is 11.5 Å². The van der Waals surface area contributed by atoms with Crippen LogP contribution >= 0.6 is 0 Å². The minimum absolute atomic E-state index is 0.112. The first-order valence-electron chi connectivity index (χ1n) is 8.46. The molecule has 26 heavy (non-hydrogen) atoms. The number of carbonyl (C=O) groups is 2. The smallest absolute Gasteiger partial charge is 0.417 e. The molecule has 1 atom stereocenters. The number of hydrogen-bond acceptors (Lipinski definition) is 6. The molecule has 3 rings (SSSR count). The second-order valence-corrected chi connectivity index (χ2v) is 7.29. The third-order valence-corrected chi connectivity index (χ3v) is 4.03. The highest BCUT2D eigenvalue weighted by Gasteiger charge is 2.40. The zero-order valence-corrected chi connectivity index (χ0v) is 15.1. The van der Waals surface area contributed by atoms with Crippen molar-refractivity contribution in [3.8, 4) is 0 Å². The molecule has 0 radical (unpaired) electrons. The maximum atomic E-state index is 13.0. The second-order valence-electron chi connectivity index (χ2n) is 7.29. The van der Waals surface area contributed by atoms with Crippen LogP contribution in [0.4, 0.5) is 10.7 Å². The highest BCUT2D eigenvalue weighted by Crippen LogP contribution is 2.26. The Morgan fingerprint density at radius 2 is 2.00 bits per heavy atom. The topological polar surface area (TPSA) is 98.4 Å². The number of imide groups is 1. The van der Waals surface area contributed by atoms with Gasteiger partial charge in [0.05, 0.1) is 17.3 Å². The Labute approximate surface area is 152 Å². The van der Waals surface area contributed by atoms with Gasteiger partial charge in [-0.2, -0.15) is 0 Å². The quantitative estimate of drug-likeness (QED) is 0.890. The van der Waals surface area contributed by atoms with E-state index in [2.05, 4.69) is 9.97 Å². The summed E-state index contributed by atoms with van der Waals surface area (Å²) in [6, 6.07) is 9.28. The fourth-order valence-corrected chi connectivity index (χ4v) is 2.97. The third-order valence-electron chi connectivity index (χ3n) is 4.03. The van der Waals surface area contributed by atoms with Gasteiger partial charge in [0.15, 0.2) is 0 Å². The van der Waals surface area contributed by atoms with Gasteiger partial charge in [-0.25, -0.2) is 19.7 Å². The maximum Gasteiger partial charge on any atom is 0.417 e. The minimum atomic E-state index is -0.702. The van der Waals surface area contributed by atoms with Crippen LogP contribution in [-0.2, 0) is 17.6 Å². The van der Waals surface area contributed by atoms with Gasteiger partial charge in [0.25, 0.3) is 5.91 Å². The Morgan fingerprint density at radius 3 is 2.65 bits per heavy atom. The number of carbonyl (C=O) groups excluding carboxylic acids is 2. The van der Waals surface area contributed by atoms with Gasteiger partial charge in [0.2, 0.25) is 5.95 Å². The van der Waals surface area contributed by atoms with Crippen LogP contribution in [0.15, 0.2) is 36.5 Å². The van der Waals surface area contributed by atoms with Crippen LogP contribution in [-0.4, -0.2) is 38.5 Å². The van der Waals surface area contributed by atoms with E-state index >= 15 is 0 Å². The molecular formula is C19H22N4O3. The molecule has 1 aromatic heterocycles. The van der Waals surface area contributed by atoms with E-state index in [1.165, 1.54) is 11.1 Å². The van der Waals surface area contributed by atoms with E-state index in [0.717, 1.165) is 5.56 Å². The minimum Gasteiger partial charge on any atom is -0.443 e. The number of amides is 2. The lowest BCUT2D eigenvalue weighted by Crippen LogP contribution is -2.52. The zero-order valence-electron chi connectivity index (χ0n) is 15.1. The van der Waals surface area contributed by atoms with Crippen LogP contribution < -0.4 is 5.73 Å². The molecule has 2 aromatic rings. The highest BCUT2D eigenvalue weighted by atomic mass is 16.6. The normalized spacial score (nSPS) is 17.0. The van der Waals surface area contributed by atoms with Crippen molar-refractivity contribution in [3.63, 3.8) is 0 Å². The van der Waals surface area contributed by atoms with Gasteiger partial charge in [-0.1, -0.05) is 30.3 Å². The molecule has 0 fully saturated rings. The first kappa shape index (κ1) is 17.8. The summed E-state index contributed by atoms with van der Waals surface area (Å²) in [5.74, 6) is -0.345. The van der Waals surface area contributed by atoms with Crippen molar-refractivity contribution in [1.29, 1.82) is 0 Å². The molecule has 2 heterocycles. The number of benzene rings is 1. The van der Waals surface area contributed by atoms with Gasteiger partial charge in [-0.05, 0) is 32.8 Å². The number of nitrogens with two attached hydrogens (primary N) is 1. The van der Waals surface area contributed by atoms with Gasteiger partial charge < -0.3 is 10.5 Å². The summed E-state index contributed by atoms with van der Waals surface area (Å²) in [6.45, 7) is 5.30. The van der Waals surface area contributed by atoms with Crippen LogP contribution in [0.25, 0.3) is 0 Å². The molecule has 1 aromatic carbocycles. The van der Waals surface area contributed by atoms with Gasteiger partial charge in [-0.15, -0.1) is 0 Å². The highest BCUT2D eigenvalue weighted by molar-refractivity contribution is 6.04. The van der Waals surface area contributed by atoms with Crippen LogP contribution in [0.2, 0.25) is 0 Å². The number of nitrogens with zero attached hydrogens (tertiary/aromatic N) is 3. The molecule has 1 aliphatic heterocycles. The van der Waals surface area contributed by atoms with E-state index in [1.807, 2.05) is 30.3 Å². The number of hydrogen-bond donors (Lipinski definition) is 1. The third kappa shape index (κ3) is 3.82. The summed E-state index contributed by atoms with van der Waals surface area (Å²) < 4.78 is 5.45. The number of nitrogen functional groups attached to an aromatic ring is 1. The average Bonchev–Trinajstić information content (AvgIpc) is 2.53. The van der Waals surface area contributed by atoms with E-state index in [9.17, 15) is 9.59 Å². The fourth-order valence-electron chi connectivity index (χ4n) is 2.97. The Hall–Kier alpha value is -2.96. The molecule has 7 nitrogen and oxygen atoms in total. The number of anilines is 1. The molecule has 2 amide bonds. The lowest BCUT2D eigenvalue weighted by Gasteiger charge is -2.35. The number of fused-ring (bicyclic) bond motifs is 1. The Morgan fingerprint density at radius 1 is 1.31 bits per heavy atom. The molecule has 7 heteroatoms. The van der Waals surface area contributed by atoms with Gasteiger partial charge >= 0.3 is 6.09 Å². The van der Waals surface area contributed by atoms with Crippen molar-refractivity contribution in [2.45, 2.75) is 45.3 Å². The van der Waals surface area contributed by atoms with Crippen molar-refractivity contribution in [3.05, 3.63) is 53.3 Å². The van der Waals surface area contributed by atoms with Crippen molar-refractivity contribution in [2.24, 2.45) is 0 Å². The monoisotopic (exact) mass is 354 g/mol. The summed E-state index contributed by atoms with van der Waals surface area (Å²) in [6.07, 6.45) is 1.62. The van der Waals surface area contributed by atoms with E-state index in [1.54, 1.807) is 20.8 Å². The summed E-state index contributed by atoms with van der Waals surface area (Å²) >= 11 is 0. The van der Waals surface area contributed by atoms with Gasteiger partial charge in [0, 0.05) is 12.6 Å². The van der Waals surface area contributed by atoms with Crippen LogP contribution in [0.5, 0.6) is 0 Å². The maximum absolute atomic E-state index is 13.0. The fraction of sp³-hybridized carbons (Fsp3) is 0.368. The summed E-state index contributed by atoms with van der Waals surface area (Å²) in [5, 5.41) is 0. The first-order valence-corrected chi connectivity index (χ1v) is 8.46. The van der Waals surface area contributed by atoms with Crippen molar-refractivity contribution in [2.75, 3.05) is 5.73 Å². The number of ether oxygens (including phenoxy) is 1. The van der Waals surface area contributed by atoms with Crippen LogP contribution in [0.1, 0.15) is 42.4 Å². The van der Waals surface area contributed by atoms with Crippen LogP contribution in [0.3, 0.4) is 0 Å². The van der Waals surface area contributed by atoms with Crippen molar-refractivity contribution >= 4 is 17.9 Å². The SMILES string of the molecule is CC(C)(C)OC(=O)N1C(=O)c2cnc(N)nc2C[C@H]1Cc1ccccc1. The predicted molar refractivity (Wildman–Crippen MR) is 96.5 cm³/mol. The number of rotatable bonds is 2. The Balaban J connectivity index is 1.97. The molecule has 2 N–H and O–H groups in total. The summed E-state index contributed by atoms with van der Waals surface area (Å²) in [5.41, 5.74) is 6.83. The summed E-state index contributed by atoms with van der Waals surface area (Å²) in [7, 11) is 0.